The summed E-state index contributed by atoms with van der Waals surface area (Å²) in [4.78, 5) is 193. The van der Waals surface area contributed by atoms with Gasteiger partial charge in [-0.3, -0.25) is 67.5 Å². The van der Waals surface area contributed by atoms with Gasteiger partial charge in [0.1, 0.15) is 60.1 Å². The predicted molar refractivity (Wildman–Crippen MR) is 373 cm³/mol. The molecule has 0 saturated carbocycles. The lowest BCUT2D eigenvalue weighted by molar-refractivity contribution is -0.141. The number of nitrogens with two attached hydrogens (primary N) is 5. The van der Waals surface area contributed by atoms with Crippen molar-refractivity contribution in [1.82, 2.24) is 78.8 Å². The van der Waals surface area contributed by atoms with Crippen LogP contribution >= 0.6 is 25.3 Å². The molecular formula is C61H90N22O16S2. The van der Waals surface area contributed by atoms with E-state index >= 15 is 0 Å². The zero-order valence-corrected chi connectivity index (χ0v) is 57.2. The number of thiol groups is 2. The molecule has 2 heterocycles. The second-order valence-corrected chi connectivity index (χ2v) is 24.1. The number of aliphatic imine (C=N–C) groups is 2. The summed E-state index contributed by atoms with van der Waals surface area (Å²) < 4.78 is 0. The summed E-state index contributed by atoms with van der Waals surface area (Å²) in [5.74, 6) is -13.6. The Morgan fingerprint density at radius 2 is 0.980 bits per heavy atom. The van der Waals surface area contributed by atoms with E-state index in [1.807, 2.05) is 0 Å². The Balaban J connectivity index is 1.52. The Morgan fingerprint density at radius 3 is 1.48 bits per heavy atom. The molecule has 4 rings (SSSR count). The van der Waals surface area contributed by atoms with Crippen LogP contribution in [0.2, 0.25) is 0 Å². The molecule has 38 nitrogen and oxygen atoms in total. The summed E-state index contributed by atoms with van der Waals surface area (Å²) >= 11 is 8.20. The number of phenols is 1. The molecular weight excluding hydrogens is 1360 g/mol. The van der Waals surface area contributed by atoms with Crippen LogP contribution in [-0.4, -0.2) is 231 Å². The fourth-order valence-corrected chi connectivity index (χ4v) is 10.0. The monoisotopic (exact) mass is 1450 g/mol. The van der Waals surface area contributed by atoms with Gasteiger partial charge in [-0.25, -0.2) is 9.78 Å². The number of carboxylic acid groups (broad SMARTS) is 1. The largest absolute Gasteiger partial charge is 0.508 e. The first kappa shape index (κ1) is 82.7. The minimum Gasteiger partial charge on any atom is -0.508 e. The van der Waals surface area contributed by atoms with E-state index in [-0.39, 0.29) is 99.5 Å². The number of aliphatic hydroxyl groups excluding tert-OH is 1. The number of fused-ring (bicyclic) bond motifs is 1. The van der Waals surface area contributed by atoms with E-state index < -0.39 is 164 Å². The number of hydrogen-bond donors (Lipinski definition) is 24. The van der Waals surface area contributed by atoms with Crippen LogP contribution in [0.5, 0.6) is 5.75 Å². The number of nitrogens with one attached hydrogen (secondary N) is 14. The highest BCUT2D eigenvalue weighted by atomic mass is 32.1. The number of hydrogen-bond acceptors (Lipinski definition) is 21. The van der Waals surface area contributed by atoms with Crippen LogP contribution in [0.4, 0.5) is 0 Å². The summed E-state index contributed by atoms with van der Waals surface area (Å²) in [5.41, 5.74) is 29.5. The van der Waals surface area contributed by atoms with Crippen LogP contribution in [0.1, 0.15) is 62.8 Å². The number of aromatic hydroxyl groups is 1. The molecule has 0 radical (unpaired) electrons. The minimum atomic E-state index is -1.54. The van der Waals surface area contributed by atoms with Crippen molar-refractivity contribution in [1.29, 1.82) is 0 Å². The van der Waals surface area contributed by atoms with Gasteiger partial charge in [-0.1, -0.05) is 44.2 Å². The number of para-hydroxylation sites is 1. The molecule has 0 bridgehead atoms. The lowest BCUT2D eigenvalue weighted by Crippen LogP contribution is -2.60. The van der Waals surface area contributed by atoms with E-state index in [4.69, 9.17) is 33.8 Å². The smallest absolute Gasteiger partial charge is 0.327 e. The third kappa shape index (κ3) is 30.1. The van der Waals surface area contributed by atoms with E-state index in [2.05, 4.69) is 114 Å². The average molecular weight is 1450 g/mol. The first-order valence-electron chi connectivity index (χ1n) is 31.7. The maximum absolute atomic E-state index is 14.7. The van der Waals surface area contributed by atoms with Gasteiger partial charge in [-0.05, 0) is 67.3 Å². The molecule has 101 heavy (non-hydrogen) atoms. The van der Waals surface area contributed by atoms with Crippen LogP contribution in [0, 0.1) is 5.92 Å². The Labute approximate surface area is 590 Å². The molecule has 0 spiro atoms. The fraction of sp³-hybridized carbons (Fsp3) is 0.475. The topological polar surface area (TPSA) is 626 Å². The summed E-state index contributed by atoms with van der Waals surface area (Å²) in [5, 5.41) is 58.8. The van der Waals surface area contributed by atoms with Gasteiger partial charge in [0.25, 0.3) is 0 Å². The van der Waals surface area contributed by atoms with Gasteiger partial charge in [-0.2, -0.15) is 25.3 Å². The number of aliphatic hydroxyl groups is 1. The lowest BCUT2D eigenvalue weighted by Gasteiger charge is -2.28. The van der Waals surface area contributed by atoms with Crippen LogP contribution in [0.15, 0.2) is 77.2 Å². The first-order valence-corrected chi connectivity index (χ1v) is 33.0. The maximum Gasteiger partial charge on any atom is 0.327 e. The normalized spacial score (nSPS) is 13.6. The second kappa shape index (κ2) is 42.9. The molecule has 2 aromatic carbocycles. The third-order valence-electron chi connectivity index (χ3n) is 14.8. The molecule has 552 valence electrons. The zero-order valence-electron chi connectivity index (χ0n) is 55.4. The maximum atomic E-state index is 14.7. The molecule has 0 aliphatic rings. The molecule has 0 aliphatic heterocycles. The van der Waals surface area contributed by atoms with E-state index in [1.165, 1.54) is 36.8 Å². The van der Waals surface area contributed by atoms with Crippen LogP contribution in [-0.2, 0) is 81.6 Å². The number of H-pyrrole nitrogens is 2. The molecule has 0 saturated heterocycles. The van der Waals surface area contributed by atoms with E-state index in [9.17, 15) is 72.5 Å². The summed E-state index contributed by atoms with van der Waals surface area (Å²) in [7, 11) is 0. The number of rotatable bonds is 44. The van der Waals surface area contributed by atoms with Gasteiger partial charge < -0.3 is 118 Å². The highest BCUT2D eigenvalue weighted by molar-refractivity contribution is 7.80. The Kier molecular flexibility index (Phi) is 35.1. The zero-order chi connectivity index (χ0) is 74.7. The third-order valence-corrected chi connectivity index (χ3v) is 15.5. The number of carbonyl (C=O) groups is 13. The van der Waals surface area contributed by atoms with Gasteiger partial charge in [0.15, 0.2) is 11.9 Å². The Morgan fingerprint density at radius 1 is 0.525 bits per heavy atom. The standard InChI is InChI=1S/C61H90N22O16S2/c1-31(2)17-41(55(94)78-40(10-6-16-69-61(65)66)54(93)83-46(29-101)59(98)99)80-53(92)39(9-5-15-68-60(63)64)79-58(97)44(20-34-22-67-30-75-34)81-57(96)43(19-33-21-70-38-8-4-3-7-36(33)38)77-50(89)26-72-48(87)24-74-52(91)45(28-100)82-56(95)42(18-32-11-13-35(85)14-12-32)76-49(88)25-71-47(86)23-73-51(90)37(62)27-84/h3-4,7-8,11-14,21-22,30-31,37,39-46,70,84-85,100-101H,5-6,9-10,15-20,23-29,62H2,1-2H3,(H,67,75)(H,71,86)(H,72,87)(H,73,90)(H,74,91)(H,76,88)(H,77,89)(H,78,94)(H,79,97)(H,80,92)(H,81,96)(H,82,95)(H,83,93)(H,98,99)(H4,63,64,68)(H4,65,66,69)/t37-,39-,40-,41-,42-,43-,44-,45-,46-/m0/s1. The Bertz CT molecular complexity index is 3530. The van der Waals surface area contributed by atoms with Gasteiger partial charge in [0, 0.05) is 72.8 Å². The molecule has 0 unspecified atom stereocenters. The fourth-order valence-electron chi connectivity index (χ4n) is 9.54. The van der Waals surface area contributed by atoms with Gasteiger partial charge in [0.05, 0.1) is 39.1 Å². The SMILES string of the molecule is CC(C)C[C@H](NC(=O)[C@H](CCCN=C(N)N)NC(=O)[C@H](Cc1cnc[nH]1)NC(=O)[C@H](Cc1c[nH]c2ccccc12)NC(=O)CNC(=O)CNC(=O)[C@H](CS)NC(=O)[C@H](Cc1ccc(O)cc1)NC(=O)CNC(=O)CNC(=O)[C@@H](N)CO)C(=O)N[C@@H](CCCN=C(N)N)C(=O)N[C@@H](CS)C(=O)O. The molecule has 0 aliphatic carbocycles. The molecule has 40 heteroatoms. The summed E-state index contributed by atoms with van der Waals surface area (Å²) in [6.07, 6.45) is 3.61. The predicted octanol–water partition coefficient (Wildman–Crippen LogP) is -7.62. The van der Waals surface area contributed by atoms with Crippen molar-refractivity contribution in [2.45, 2.75) is 120 Å². The van der Waals surface area contributed by atoms with Crippen molar-refractivity contribution < 1.29 is 77.6 Å². The lowest BCUT2D eigenvalue weighted by atomic mass is 10.0. The van der Waals surface area contributed by atoms with Crippen molar-refractivity contribution in [2.24, 2.45) is 44.6 Å². The van der Waals surface area contributed by atoms with Crippen molar-refractivity contribution in [3.8, 4) is 5.75 Å². The van der Waals surface area contributed by atoms with Crippen LogP contribution in [0.3, 0.4) is 0 Å². The number of benzene rings is 2. The van der Waals surface area contributed by atoms with Gasteiger partial charge >= 0.3 is 5.97 Å². The van der Waals surface area contributed by atoms with E-state index in [0.717, 1.165) is 0 Å². The van der Waals surface area contributed by atoms with Gasteiger partial charge in [-0.15, -0.1) is 0 Å². The number of aromatic amines is 2. The molecule has 2 aromatic heterocycles. The van der Waals surface area contributed by atoms with Gasteiger partial charge in [0.2, 0.25) is 70.9 Å². The molecule has 12 amide bonds. The minimum absolute atomic E-state index is 0.00858. The number of carboxylic acids is 1. The summed E-state index contributed by atoms with van der Waals surface area (Å²) in [6.45, 7) is 0.0421. The van der Waals surface area contributed by atoms with Crippen LogP contribution < -0.4 is 92.5 Å². The first-order chi connectivity index (χ1) is 48.0. The second-order valence-electron chi connectivity index (χ2n) is 23.3. The number of phenolic OH excluding ortho intramolecular Hbond substituents is 1. The molecule has 9 atom stereocenters. The summed E-state index contributed by atoms with van der Waals surface area (Å²) in [6, 6.07) is -0.143. The Hall–Kier alpha value is -10.7. The number of carbonyl (C=O) groups excluding carboxylic acids is 12. The molecule has 0 fully saturated rings. The average Bonchev–Trinajstić information content (AvgIpc) is 1.74. The van der Waals surface area contributed by atoms with Crippen LogP contribution in [0.25, 0.3) is 10.9 Å². The quantitative estimate of drug-likeness (QED) is 0.00846. The van der Waals surface area contributed by atoms with E-state index in [0.29, 0.717) is 27.7 Å². The van der Waals surface area contributed by atoms with Crippen molar-refractivity contribution in [3.63, 3.8) is 0 Å². The van der Waals surface area contributed by atoms with Crippen molar-refractivity contribution in [3.05, 3.63) is 84.1 Å². The number of guanidine groups is 2. The highest BCUT2D eigenvalue weighted by Gasteiger charge is 2.35. The number of nitrogens with zero attached hydrogens (tertiary/aromatic N) is 3. The highest BCUT2D eigenvalue weighted by Crippen LogP contribution is 2.20. The van der Waals surface area contributed by atoms with Crippen molar-refractivity contribution in [2.75, 3.05) is 57.4 Å². The molecule has 4 aromatic rings. The van der Waals surface area contributed by atoms with E-state index in [1.54, 1.807) is 44.3 Å². The van der Waals surface area contributed by atoms with Crippen molar-refractivity contribution >= 4 is 125 Å². The molecule has 27 N–H and O–H groups in total. The number of aliphatic carboxylic acids is 1. The number of aromatic nitrogens is 3. The number of imidazole rings is 1. The number of amides is 12.